The van der Waals surface area contributed by atoms with Gasteiger partial charge in [0.2, 0.25) is 0 Å². The van der Waals surface area contributed by atoms with E-state index in [4.69, 9.17) is 10.5 Å². The Kier molecular flexibility index (Phi) is 4.47. The van der Waals surface area contributed by atoms with Gasteiger partial charge in [-0.25, -0.2) is 0 Å². The van der Waals surface area contributed by atoms with Crippen molar-refractivity contribution in [2.24, 2.45) is 0 Å². The predicted molar refractivity (Wildman–Crippen MR) is 82.7 cm³/mol. The lowest BCUT2D eigenvalue weighted by Gasteiger charge is -2.11. The maximum Gasteiger partial charge on any atom is 0.260 e. The smallest absolute Gasteiger partial charge is 0.260 e. The van der Waals surface area contributed by atoms with Crippen LogP contribution in [-0.2, 0) is 0 Å². The maximum absolute atomic E-state index is 12.3. The summed E-state index contributed by atoms with van der Waals surface area (Å²) in [6.07, 6.45) is 0. The summed E-state index contributed by atoms with van der Waals surface area (Å²) >= 11 is 0. The fourth-order valence-corrected chi connectivity index (χ4v) is 1.92. The summed E-state index contributed by atoms with van der Waals surface area (Å²) in [6, 6.07) is 6.91. The predicted octanol–water partition coefficient (Wildman–Crippen LogP) is 2.77. The zero-order valence-electron chi connectivity index (χ0n) is 12.4. The fourth-order valence-electron chi connectivity index (χ4n) is 1.92. The monoisotopic (exact) mass is 288 g/mol. The van der Waals surface area contributed by atoms with Crippen molar-refractivity contribution < 1.29 is 9.53 Å². The number of hydrogen-bond donors (Lipinski definition) is 3. The summed E-state index contributed by atoms with van der Waals surface area (Å²) in [5, 5.41) is 9.71. The number of hydrogen-bond acceptors (Lipinski definition) is 4. The van der Waals surface area contributed by atoms with Crippen LogP contribution in [0.1, 0.15) is 42.7 Å². The molecule has 2 aromatic rings. The van der Waals surface area contributed by atoms with Gasteiger partial charge in [0.15, 0.2) is 11.6 Å². The van der Waals surface area contributed by atoms with Gasteiger partial charge in [0.1, 0.15) is 0 Å². The Balaban J connectivity index is 2.21. The third-order valence-corrected chi connectivity index (χ3v) is 3.04. The van der Waals surface area contributed by atoms with Gasteiger partial charge in [-0.05, 0) is 25.0 Å². The van der Waals surface area contributed by atoms with Crippen LogP contribution in [0.5, 0.6) is 5.75 Å². The molecule has 4 N–H and O–H groups in total. The van der Waals surface area contributed by atoms with Crippen molar-refractivity contribution in [1.82, 2.24) is 10.2 Å². The van der Waals surface area contributed by atoms with Gasteiger partial charge < -0.3 is 15.8 Å². The minimum atomic E-state index is -0.299. The van der Waals surface area contributed by atoms with Crippen molar-refractivity contribution in [2.75, 3.05) is 17.7 Å². The van der Waals surface area contributed by atoms with E-state index >= 15 is 0 Å². The van der Waals surface area contributed by atoms with E-state index in [-0.39, 0.29) is 5.91 Å². The maximum atomic E-state index is 12.3. The number of para-hydroxylation sites is 1. The SMILES string of the molecule is CCOc1c(N)cccc1C(=O)Nc1cc(C(C)C)[nH]n1. The number of ether oxygens (including phenoxy) is 1. The molecule has 0 spiro atoms. The van der Waals surface area contributed by atoms with Gasteiger partial charge in [-0.1, -0.05) is 19.9 Å². The molecular formula is C15H20N4O2. The average Bonchev–Trinajstić information content (AvgIpc) is 2.90. The lowest BCUT2D eigenvalue weighted by Crippen LogP contribution is -2.14. The molecule has 6 nitrogen and oxygen atoms in total. The standard InChI is InChI=1S/C15H20N4O2/c1-4-21-14-10(6-5-7-11(14)16)15(20)17-13-8-12(9(2)3)18-19-13/h5-9H,4,16H2,1-3H3,(H2,17,18,19,20). The zero-order valence-corrected chi connectivity index (χ0v) is 12.4. The Bertz CT molecular complexity index is 634. The number of carbonyl (C=O) groups excluding carboxylic acids is 1. The van der Waals surface area contributed by atoms with E-state index in [1.54, 1.807) is 18.2 Å². The highest BCUT2D eigenvalue weighted by Crippen LogP contribution is 2.27. The van der Waals surface area contributed by atoms with Crippen LogP contribution >= 0.6 is 0 Å². The van der Waals surface area contributed by atoms with Crippen LogP contribution in [0.2, 0.25) is 0 Å². The molecule has 1 aromatic carbocycles. The highest BCUT2D eigenvalue weighted by molar-refractivity contribution is 6.06. The molecule has 0 fully saturated rings. The topological polar surface area (TPSA) is 93.0 Å². The number of carbonyl (C=O) groups is 1. The van der Waals surface area contributed by atoms with E-state index < -0.39 is 0 Å². The molecule has 0 aliphatic carbocycles. The molecule has 6 heteroatoms. The molecule has 1 heterocycles. The highest BCUT2D eigenvalue weighted by Gasteiger charge is 2.16. The van der Waals surface area contributed by atoms with Gasteiger partial charge in [0.05, 0.1) is 17.9 Å². The van der Waals surface area contributed by atoms with E-state index in [0.29, 0.717) is 35.3 Å². The molecule has 2 rings (SSSR count). The molecule has 0 saturated carbocycles. The summed E-state index contributed by atoms with van der Waals surface area (Å²) in [7, 11) is 0. The van der Waals surface area contributed by atoms with Crippen molar-refractivity contribution >= 4 is 17.4 Å². The second-order valence-corrected chi connectivity index (χ2v) is 4.97. The van der Waals surface area contributed by atoms with Gasteiger partial charge in [0, 0.05) is 11.8 Å². The summed E-state index contributed by atoms with van der Waals surface area (Å²) < 4.78 is 5.46. The van der Waals surface area contributed by atoms with Crippen LogP contribution in [0.4, 0.5) is 11.5 Å². The molecule has 21 heavy (non-hydrogen) atoms. The third-order valence-electron chi connectivity index (χ3n) is 3.04. The minimum Gasteiger partial charge on any atom is -0.491 e. The van der Waals surface area contributed by atoms with Crippen LogP contribution in [0, 0.1) is 0 Å². The normalized spacial score (nSPS) is 10.7. The molecule has 112 valence electrons. The fraction of sp³-hybridized carbons (Fsp3) is 0.333. The molecule has 0 aliphatic heterocycles. The number of benzene rings is 1. The number of anilines is 2. The molecule has 1 aromatic heterocycles. The van der Waals surface area contributed by atoms with Gasteiger partial charge in [-0.2, -0.15) is 5.10 Å². The molecule has 0 atom stereocenters. The first-order chi connectivity index (χ1) is 10.0. The number of H-pyrrole nitrogens is 1. The van der Waals surface area contributed by atoms with Crippen LogP contribution in [0.15, 0.2) is 24.3 Å². The number of rotatable bonds is 5. The van der Waals surface area contributed by atoms with E-state index in [9.17, 15) is 4.79 Å². The zero-order chi connectivity index (χ0) is 15.4. The lowest BCUT2D eigenvalue weighted by atomic mass is 10.1. The number of aromatic nitrogens is 2. The quantitative estimate of drug-likeness (QED) is 0.737. The molecular weight excluding hydrogens is 268 g/mol. The van der Waals surface area contributed by atoms with Gasteiger partial charge >= 0.3 is 0 Å². The summed E-state index contributed by atoms with van der Waals surface area (Å²) in [6.45, 7) is 6.37. The first-order valence-electron chi connectivity index (χ1n) is 6.90. The number of nitrogens with one attached hydrogen (secondary N) is 2. The first-order valence-corrected chi connectivity index (χ1v) is 6.90. The Morgan fingerprint density at radius 2 is 2.24 bits per heavy atom. The van der Waals surface area contributed by atoms with E-state index in [2.05, 4.69) is 15.5 Å². The molecule has 0 bridgehead atoms. The summed E-state index contributed by atoms with van der Waals surface area (Å²) in [5.41, 5.74) is 7.65. The molecule has 1 amide bonds. The number of aromatic amines is 1. The van der Waals surface area contributed by atoms with Crippen LogP contribution < -0.4 is 15.8 Å². The summed E-state index contributed by atoms with van der Waals surface area (Å²) in [5.74, 6) is 0.896. The Morgan fingerprint density at radius 3 is 2.86 bits per heavy atom. The number of nitrogen functional groups attached to an aromatic ring is 1. The van der Waals surface area contributed by atoms with Crippen LogP contribution in [0.3, 0.4) is 0 Å². The second kappa shape index (κ2) is 6.30. The summed E-state index contributed by atoms with van der Waals surface area (Å²) in [4.78, 5) is 12.3. The molecule has 0 radical (unpaired) electrons. The van der Waals surface area contributed by atoms with Crippen molar-refractivity contribution in [3.8, 4) is 5.75 Å². The highest BCUT2D eigenvalue weighted by atomic mass is 16.5. The minimum absolute atomic E-state index is 0.299. The largest absolute Gasteiger partial charge is 0.491 e. The number of nitrogens with zero attached hydrogens (tertiary/aromatic N) is 1. The first kappa shape index (κ1) is 14.9. The Morgan fingerprint density at radius 1 is 1.48 bits per heavy atom. The van der Waals surface area contributed by atoms with Gasteiger partial charge in [-0.3, -0.25) is 9.89 Å². The average molecular weight is 288 g/mol. The van der Waals surface area contributed by atoms with Crippen LogP contribution in [-0.4, -0.2) is 22.7 Å². The Hall–Kier alpha value is -2.50. The van der Waals surface area contributed by atoms with Gasteiger partial charge in [-0.15, -0.1) is 0 Å². The van der Waals surface area contributed by atoms with E-state index in [0.717, 1.165) is 5.69 Å². The molecule has 0 aliphatic rings. The number of amides is 1. The van der Waals surface area contributed by atoms with Crippen molar-refractivity contribution in [1.29, 1.82) is 0 Å². The van der Waals surface area contributed by atoms with E-state index in [1.807, 2.05) is 26.8 Å². The van der Waals surface area contributed by atoms with E-state index in [1.165, 1.54) is 0 Å². The third kappa shape index (κ3) is 3.34. The Labute approximate surface area is 123 Å². The van der Waals surface area contributed by atoms with Crippen molar-refractivity contribution in [3.63, 3.8) is 0 Å². The number of nitrogens with two attached hydrogens (primary N) is 1. The van der Waals surface area contributed by atoms with Crippen molar-refractivity contribution in [2.45, 2.75) is 26.7 Å². The second-order valence-electron chi connectivity index (χ2n) is 4.97. The van der Waals surface area contributed by atoms with Gasteiger partial charge in [0.25, 0.3) is 5.91 Å². The van der Waals surface area contributed by atoms with Crippen molar-refractivity contribution in [3.05, 3.63) is 35.5 Å². The lowest BCUT2D eigenvalue weighted by molar-refractivity contribution is 0.102. The van der Waals surface area contributed by atoms with Crippen LogP contribution in [0.25, 0.3) is 0 Å². The molecule has 0 unspecified atom stereocenters. The molecule has 0 saturated heterocycles.